The number of rotatable bonds is 2. The number of hydrogen-bond donors (Lipinski definition) is 0. The molecule has 0 spiro atoms. The molecule has 1 aromatic carbocycles. The van der Waals surface area contributed by atoms with Crippen LogP contribution in [-0.4, -0.2) is 37.1 Å². The summed E-state index contributed by atoms with van der Waals surface area (Å²) in [6.07, 6.45) is 2.11. The molecule has 1 heterocycles. The Kier molecular flexibility index (Phi) is 4.86. The van der Waals surface area contributed by atoms with E-state index in [1.54, 1.807) is 19.2 Å². The van der Waals surface area contributed by atoms with Crippen LogP contribution in [0.3, 0.4) is 0 Å². The molecule has 1 saturated heterocycles. The summed E-state index contributed by atoms with van der Waals surface area (Å²) in [7, 11) is 1.73. The number of carbonyl (C=O) groups is 1. The zero-order chi connectivity index (χ0) is 13.1. The number of nitrogens with zero attached hydrogens (tertiary/aromatic N) is 1. The van der Waals surface area contributed by atoms with Crippen molar-refractivity contribution in [3.63, 3.8) is 0 Å². The third-order valence-electron chi connectivity index (χ3n) is 3.23. The van der Waals surface area contributed by atoms with Gasteiger partial charge in [0.05, 0.1) is 11.1 Å². The molecule has 1 amide bonds. The van der Waals surface area contributed by atoms with Crippen molar-refractivity contribution in [1.82, 2.24) is 4.90 Å². The zero-order valence-corrected chi connectivity index (χ0v) is 13.1. The number of amides is 1. The van der Waals surface area contributed by atoms with Gasteiger partial charge < -0.3 is 9.64 Å². The van der Waals surface area contributed by atoms with Gasteiger partial charge in [0.15, 0.2) is 0 Å². The molecule has 1 aliphatic heterocycles. The Morgan fingerprint density at radius 3 is 2.67 bits per heavy atom. The number of carbonyl (C=O) groups excluding carboxylic acids is 1. The summed E-state index contributed by atoms with van der Waals surface area (Å²) in [5.41, 5.74) is 0.708. The van der Waals surface area contributed by atoms with Crippen molar-refractivity contribution in [2.75, 3.05) is 20.2 Å². The molecule has 98 valence electrons. The highest BCUT2D eigenvalue weighted by molar-refractivity contribution is 14.1. The smallest absolute Gasteiger partial charge is 0.253 e. The highest BCUT2D eigenvalue weighted by Gasteiger charge is 2.23. The Balaban J connectivity index is 2.05. The van der Waals surface area contributed by atoms with Gasteiger partial charge in [-0.15, -0.1) is 0 Å². The predicted molar refractivity (Wildman–Crippen MR) is 80.1 cm³/mol. The fourth-order valence-corrected chi connectivity index (χ4v) is 2.74. The van der Waals surface area contributed by atoms with Gasteiger partial charge in [0.1, 0.15) is 0 Å². The maximum absolute atomic E-state index is 12.3. The number of ether oxygens (including phenoxy) is 1. The summed E-state index contributed by atoms with van der Waals surface area (Å²) < 4.78 is 6.21. The van der Waals surface area contributed by atoms with Crippen molar-refractivity contribution in [3.8, 4) is 0 Å². The average molecular weight is 380 g/mol. The van der Waals surface area contributed by atoms with Gasteiger partial charge in [0.2, 0.25) is 0 Å². The molecule has 0 radical (unpaired) electrons. The molecule has 1 aromatic rings. The van der Waals surface area contributed by atoms with Gasteiger partial charge in [-0.1, -0.05) is 11.6 Å². The number of halogens is 2. The topological polar surface area (TPSA) is 29.5 Å². The summed E-state index contributed by atoms with van der Waals surface area (Å²) in [6.45, 7) is 1.52. The highest BCUT2D eigenvalue weighted by Crippen LogP contribution is 2.21. The van der Waals surface area contributed by atoms with Gasteiger partial charge >= 0.3 is 0 Å². The second-order valence-electron chi connectivity index (χ2n) is 4.36. The number of benzene rings is 1. The molecular formula is C13H15ClINO2. The summed E-state index contributed by atoms with van der Waals surface area (Å²) in [4.78, 5) is 14.2. The number of likely N-dealkylation sites (tertiary alicyclic amines) is 1. The van der Waals surface area contributed by atoms with Gasteiger partial charge in [0, 0.05) is 29.3 Å². The maximum atomic E-state index is 12.3. The molecule has 5 heteroatoms. The van der Waals surface area contributed by atoms with E-state index in [-0.39, 0.29) is 5.91 Å². The minimum atomic E-state index is 0.0825. The molecule has 3 nitrogen and oxygen atoms in total. The first-order chi connectivity index (χ1) is 8.61. The van der Waals surface area contributed by atoms with Crippen molar-refractivity contribution >= 4 is 40.1 Å². The normalized spacial score (nSPS) is 16.9. The molecule has 0 aliphatic carbocycles. The molecule has 2 rings (SSSR count). The quantitative estimate of drug-likeness (QED) is 0.739. The Bertz CT molecular complexity index is 445. The van der Waals surface area contributed by atoms with E-state index in [0.29, 0.717) is 16.7 Å². The van der Waals surface area contributed by atoms with Crippen LogP contribution in [0.15, 0.2) is 18.2 Å². The Labute approximate surface area is 126 Å². The van der Waals surface area contributed by atoms with E-state index in [9.17, 15) is 4.79 Å². The van der Waals surface area contributed by atoms with Crippen LogP contribution in [0.2, 0.25) is 5.02 Å². The summed E-state index contributed by atoms with van der Waals surface area (Å²) in [5, 5.41) is 0.685. The van der Waals surface area contributed by atoms with Gasteiger partial charge in [-0.05, 0) is 53.6 Å². The number of methoxy groups -OCH3 is 1. The summed E-state index contributed by atoms with van der Waals surface area (Å²) >= 11 is 8.10. The van der Waals surface area contributed by atoms with E-state index in [1.165, 1.54) is 0 Å². The fourth-order valence-electron chi connectivity index (χ4n) is 2.11. The number of piperidine rings is 1. The molecule has 1 aliphatic rings. The fraction of sp³-hybridized carbons (Fsp3) is 0.462. The minimum Gasteiger partial charge on any atom is -0.381 e. The van der Waals surface area contributed by atoms with Gasteiger partial charge in [-0.2, -0.15) is 0 Å². The second-order valence-corrected chi connectivity index (χ2v) is 5.93. The number of hydrogen-bond acceptors (Lipinski definition) is 2. The SMILES string of the molecule is COC1CCN(C(=O)c2ccc(Cl)c(I)c2)CC1. The average Bonchev–Trinajstić information content (AvgIpc) is 2.41. The molecular weight excluding hydrogens is 365 g/mol. The van der Waals surface area contributed by atoms with Crippen molar-refractivity contribution in [2.45, 2.75) is 18.9 Å². The monoisotopic (exact) mass is 379 g/mol. The van der Waals surface area contributed by atoms with Gasteiger partial charge in [0.25, 0.3) is 5.91 Å². The van der Waals surface area contributed by atoms with Gasteiger partial charge in [-0.3, -0.25) is 4.79 Å². The van der Waals surface area contributed by atoms with Crippen LogP contribution in [0, 0.1) is 3.57 Å². The van der Waals surface area contributed by atoms with Crippen LogP contribution < -0.4 is 0 Å². The van der Waals surface area contributed by atoms with Crippen molar-refractivity contribution in [1.29, 1.82) is 0 Å². The van der Waals surface area contributed by atoms with Crippen LogP contribution in [0.1, 0.15) is 23.2 Å². The Hall–Kier alpha value is -0.330. The molecule has 0 bridgehead atoms. The largest absolute Gasteiger partial charge is 0.381 e. The molecule has 1 fully saturated rings. The van der Waals surface area contributed by atoms with E-state index in [0.717, 1.165) is 29.5 Å². The highest BCUT2D eigenvalue weighted by atomic mass is 127. The van der Waals surface area contributed by atoms with Crippen molar-refractivity contribution in [2.24, 2.45) is 0 Å². The van der Waals surface area contributed by atoms with Crippen LogP contribution in [0.4, 0.5) is 0 Å². The summed E-state index contributed by atoms with van der Waals surface area (Å²) in [5.74, 6) is 0.0825. The molecule has 18 heavy (non-hydrogen) atoms. The van der Waals surface area contributed by atoms with E-state index in [2.05, 4.69) is 22.6 Å². The van der Waals surface area contributed by atoms with Gasteiger partial charge in [-0.25, -0.2) is 0 Å². The predicted octanol–water partition coefficient (Wildman–Crippen LogP) is 3.20. The first-order valence-corrected chi connectivity index (χ1v) is 7.34. The van der Waals surface area contributed by atoms with E-state index in [4.69, 9.17) is 16.3 Å². The third-order valence-corrected chi connectivity index (χ3v) is 4.77. The first kappa shape index (κ1) is 14.1. The van der Waals surface area contributed by atoms with E-state index < -0.39 is 0 Å². The van der Waals surface area contributed by atoms with E-state index >= 15 is 0 Å². The van der Waals surface area contributed by atoms with E-state index in [1.807, 2.05) is 11.0 Å². The molecule has 0 unspecified atom stereocenters. The molecule has 0 saturated carbocycles. The Morgan fingerprint density at radius 2 is 2.11 bits per heavy atom. The zero-order valence-electron chi connectivity index (χ0n) is 10.2. The van der Waals surface area contributed by atoms with Crippen LogP contribution in [0.5, 0.6) is 0 Å². The standard InChI is InChI=1S/C13H15ClINO2/c1-18-10-4-6-16(7-5-10)13(17)9-2-3-11(14)12(15)8-9/h2-3,8,10H,4-7H2,1H3. The van der Waals surface area contributed by atoms with Crippen molar-refractivity contribution < 1.29 is 9.53 Å². The second kappa shape index (κ2) is 6.21. The van der Waals surface area contributed by atoms with Crippen molar-refractivity contribution in [3.05, 3.63) is 32.4 Å². The minimum absolute atomic E-state index is 0.0825. The lowest BCUT2D eigenvalue weighted by Crippen LogP contribution is -2.40. The Morgan fingerprint density at radius 1 is 1.44 bits per heavy atom. The van der Waals surface area contributed by atoms with Crippen LogP contribution >= 0.6 is 34.2 Å². The van der Waals surface area contributed by atoms with Crippen LogP contribution in [0.25, 0.3) is 0 Å². The lowest BCUT2D eigenvalue weighted by molar-refractivity contribution is 0.0351. The molecule has 0 aromatic heterocycles. The molecule has 0 N–H and O–H groups in total. The van der Waals surface area contributed by atoms with Crippen LogP contribution in [-0.2, 0) is 4.74 Å². The lowest BCUT2D eigenvalue weighted by atomic mass is 10.1. The maximum Gasteiger partial charge on any atom is 0.253 e. The lowest BCUT2D eigenvalue weighted by Gasteiger charge is -2.31. The third kappa shape index (κ3) is 3.16. The molecule has 0 atom stereocenters. The first-order valence-electron chi connectivity index (χ1n) is 5.89. The summed E-state index contributed by atoms with van der Waals surface area (Å²) in [6, 6.07) is 5.40.